The number of amides is 3. The summed E-state index contributed by atoms with van der Waals surface area (Å²) >= 11 is 5.24. The van der Waals surface area contributed by atoms with E-state index in [4.69, 9.17) is 45.3 Å². The van der Waals surface area contributed by atoms with Gasteiger partial charge in [0.05, 0.1) is 26.3 Å². The van der Waals surface area contributed by atoms with Crippen molar-refractivity contribution >= 4 is 46.6 Å². The highest BCUT2D eigenvalue weighted by atomic mass is 35.5. The van der Waals surface area contributed by atoms with Gasteiger partial charge in [-0.15, -0.1) is 0 Å². The smallest absolute Gasteiger partial charge is 0.408 e. The lowest BCUT2D eigenvalue weighted by Gasteiger charge is -2.21. The maximum Gasteiger partial charge on any atom is 0.408 e. The number of halogens is 1. The Bertz CT molecular complexity index is 1810. The average Bonchev–Trinajstić information content (AvgIpc) is 3.73. The molecule has 3 amide bonds. The number of nitrogens with zero attached hydrogens (tertiary/aromatic N) is 2. The van der Waals surface area contributed by atoms with E-state index in [1.54, 1.807) is 116 Å². The molecular weight excluding hydrogens is 712 g/mol. The molecule has 5 N–H and O–H groups in total. The van der Waals surface area contributed by atoms with E-state index in [-0.39, 0.29) is 23.6 Å². The molecule has 0 spiro atoms. The van der Waals surface area contributed by atoms with Crippen molar-refractivity contribution in [3.8, 4) is 11.5 Å². The van der Waals surface area contributed by atoms with Gasteiger partial charge in [0.25, 0.3) is 11.1 Å². The van der Waals surface area contributed by atoms with Crippen LogP contribution in [0.4, 0.5) is 21.2 Å². The Labute approximate surface area is 313 Å². The Kier molecular flexibility index (Phi) is 16.2. The predicted octanol–water partition coefficient (Wildman–Crippen LogP) is 7.44. The number of carbonyl (C=O) groups is 4. The van der Waals surface area contributed by atoms with Crippen LogP contribution in [-0.4, -0.2) is 59.1 Å². The standard InChI is InChI=1S/C18H23N3O5.C10H17N3O3.C8H7ClO2/c1-11(19-17(23)25-18(2,3)4)14-10-15(21-26-14)20-16(22)12-7-6-8-13(9-12)24-5;1-6(7-5-8(11)13-16-7)12-9(14)15-10(2,3)4;1-11-7-4-2-3-6(5-7)8(9)10/h6-11H,1-5H3,(H,19,23)(H,20,21,22);5-6H,1-4H3,(H2,11,13)(H,12,14);2-5H,1H3/t11-;6-;/m11./s1. The Balaban J connectivity index is 0.000000305. The van der Waals surface area contributed by atoms with Gasteiger partial charge in [0, 0.05) is 23.3 Å². The van der Waals surface area contributed by atoms with Gasteiger partial charge in [-0.1, -0.05) is 22.4 Å². The molecule has 0 aliphatic heterocycles. The van der Waals surface area contributed by atoms with Gasteiger partial charge in [-0.2, -0.15) is 0 Å². The third-order valence-electron chi connectivity index (χ3n) is 6.27. The van der Waals surface area contributed by atoms with Crippen molar-refractivity contribution in [2.75, 3.05) is 25.3 Å². The fourth-order valence-electron chi connectivity index (χ4n) is 3.87. The number of hydrogen-bond acceptors (Lipinski definition) is 13. The first-order valence-electron chi connectivity index (χ1n) is 16.2. The second kappa shape index (κ2) is 19.7. The van der Waals surface area contributed by atoms with Crippen LogP contribution in [0.5, 0.6) is 11.5 Å². The maximum atomic E-state index is 12.3. The number of rotatable bonds is 9. The summed E-state index contributed by atoms with van der Waals surface area (Å²) < 4.78 is 30.4. The third-order valence-corrected chi connectivity index (χ3v) is 6.48. The highest BCUT2D eigenvalue weighted by Gasteiger charge is 2.22. The molecule has 2 aromatic carbocycles. The van der Waals surface area contributed by atoms with Crippen molar-refractivity contribution in [2.24, 2.45) is 0 Å². The number of alkyl carbamates (subject to hydrolysis) is 2. The molecule has 53 heavy (non-hydrogen) atoms. The molecule has 2 aromatic heterocycles. The van der Waals surface area contributed by atoms with Crippen molar-refractivity contribution in [2.45, 2.75) is 78.7 Å². The Hall–Kier alpha value is -5.77. The van der Waals surface area contributed by atoms with Gasteiger partial charge in [-0.3, -0.25) is 9.59 Å². The summed E-state index contributed by atoms with van der Waals surface area (Å²) in [6.45, 7) is 14.2. The number of aromatic nitrogens is 2. The molecule has 0 saturated carbocycles. The summed E-state index contributed by atoms with van der Waals surface area (Å²) in [7, 11) is 3.07. The molecule has 2 heterocycles. The lowest BCUT2D eigenvalue weighted by atomic mass is 10.2. The van der Waals surface area contributed by atoms with Crippen LogP contribution < -0.4 is 31.2 Å². The van der Waals surface area contributed by atoms with E-state index in [0.29, 0.717) is 34.1 Å². The zero-order valence-corrected chi connectivity index (χ0v) is 32.1. The van der Waals surface area contributed by atoms with Crippen LogP contribution in [0.25, 0.3) is 0 Å². The highest BCUT2D eigenvalue weighted by Crippen LogP contribution is 2.20. The van der Waals surface area contributed by atoms with Crippen LogP contribution in [0.3, 0.4) is 0 Å². The normalized spacial score (nSPS) is 11.9. The largest absolute Gasteiger partial charge is 0.497 e. The molecule has 288 valence electrons. The number of hydrogen-bond donors (Lipinski definition) is 4. The highest BCUT2D eigenvalue weighted by molar-refractivity contribution is 6.67. The van der Waals surface area contributed by atoms with Crippen molar-refractivity contribution < 1.29 is 47.2 Å². The molecule has 0 fully saturated rings. The second-order valence-corrected chi connectivity index (χ2v) is 13.5. The zero-order chi connectivity index (χ0) is 39.9. The first-order chi connectivity index (χ1) is 24.7. The summed E-state index contributed by atoms with van der Waals surface area (Å²) in [6.07, 6.45) is -1.07. The minimum Gasteiger partial charge on any atom is -0.497 e. The molecular formula is C36H47ClN6O10. The number of nitrogens with one attached hydrogen (secondary N) is 3. The fraction of sp³-hybridized carbons (Fsp3) is 0.389. The number of anilines is 2. The molecule has 0 bridgehead atoms. The average molecular weight is 759 g/mol. The summed E-state index contributed by atoms with van der Waals surface area (Å²) in [5, 5.41) is 14.7. The molecule has 0 radical (unpaired) electrons. The van der Waals surface area contributed by atoms with Crippen LogP contribution in [-0.2, 0) is 9.47 Å². The predicted molar refractivity (Wildman–Crippen MR) is 197 cm³/mol. The van der Waals surface area contributed by atoms with Gasteiger partial charge in [-0.25, -0.2) is 9.59 Å². The Morgan fingerprint density at radius 1 is 0.717 bits per heavy atom. The van der Waals surface area contributed by atoms with Crippen molar-refractivity contribution in [1.82, 2.24) is 20.9 Å². The molecule has 2 atom stereocenters. The molecule has 0 unspecified atom stereocenters. The van der Waals surface area contributed by atoms with Crippen molar-refractivity contribution in [3.05, 3.63) is 83.3 Å². The van der Waals surface area contributed by atoms with Crippen LogP contribution >= 0.6 is 11.6 Å². The number of carbonyl (C=O) groups excluding carboxylic acids is 4. The topological polar surface area (TPSA) is 219 Å². The molecule has 4 rings (SSSR count). The van der Waals surface area contributed by atoms with E-state index in [2.05, 4.69) is 26.3 Å². The second-order valence-electron chi connectivity index (χ2n) is 13.2. The van der Waals surface area contributed by atoms with Crippen LogP contribution in [0.2, 0.25) is 0 Å². The van der Waals surface area contributed by atoms with E-state index in [0.717, 1.165) is 0 Å². The summed E-state index contributed by atoms with van der Waals surface area (Å²) in [4.78, 5) is 46.1. The van der Waals surface area contributed by atoms with E-state index >= 15 is 0 Å². The minimum absolute atomic E-state index is 0.241. The van der Waals surface area contributed by atoms with E-state index < -0.39 is 34.7 Å². The molecule has 4 aromatic rings. The first kappa shape index (κ1) is 43.4. The van der Waals surface area contributed by atoms with Gasteiger partial charge in [0.2, 0.25) is 0 Å². The molecule has 0 saturated heterocycles. The molecule has 16 nitrogen and oxygen atoms in total. The molecule has 0 aliphatic carbocycles. The number of nitrogens with two attached hydrogens (primary N) is 1. The van der Waals surface area contributed by atoms with Gasteiger partial charge in [0.1, 0.15) is 22.7 Å². The molecule has 0 aliphatic rings. The number of benzene rings is 2. The summed E-state index contributed by atoms with van der Waals surface area (Å²) in [6, 6.07) is 15.7. The number of methoxy groups -OCH3 is 2. The lowest BCUT2D eigenvalue weighted by molar-refractivity contribution is 0.0489. The van der Waals surface area contributed by atoms with Gasteiger partial charge >= 0.3 is 12.2 Å². The summed E-state index contributed by atoms with van der Waals surface area (Å²) in [5.74, 6) is 2.26. The zero-order valence-electron chi connectivity index (χ0n) is 31.4. The van der Waals surface area contributed by atoms with Crippen molar-refractivity contribution in [3.63, 3.8) is 0 Å². The van der Waals surface area contributed by atoms with E-state index in [1.165, 1.54) is 14.2 Å². The maximum absolute atomic E-state index is 12.3. The SMILES string of the molecule is COc1cccc(C(=O)Cl)c1.COc1cccc(C(=O)Nc2cc([C@@H](C)NC(=O)OC(C)(C)C)on2)c1.C[C@@H](NC(=O)OC(C)(C)C)c1cc(N)no1. The number of ether oxygens (including phenoxy) is 4. The monoisotopic (exact) mass is 758 g/mol. The van der Waals surface area contributed by atoms with Gasteiger partial charge in [-0.05, 0) is 103 Å². The Morgan fingerprint density at radius 3 is 1.60 bits per heavy atom. The van der Waals surface area contributed by atoms with E-state index in [1.807, 2.05) is 0 Å². The Morgan fingerprint density at radius 2 is 1.17 bits per heavy atom. The fourth-order valence-corrected chi connectivity index (χ4v) is 3.99. The lowest BCUT2D eigenvalue weighted by Crippen LogP contribution is -2.33. The van der Waals surface area contributed by atoms with Crippen LogP contribution in [0.15, 0.2) is 69.7 Å². The van der Waals surface area contributed by atoms with Gasteiger partial charge < -0.3 is 49.7 Å². The summed E-state index contributed by atoms with van der Waals surface area (Å²) in [5.41, 5.74) is 5.16. The first-order valence-corrected chi connectivity index (χ1v) is 16.5. The third kappa shape index (κ3) is 16.4. The van der Waals surface area contributed by atoms with Gasteiger partial charge in [0.15, 0.2) is 23.2 Å². The number of nitrogen functional groups attached to an aromatic ring is 1. The quantitative estimate of drug-likeness (QED) is 0.122. The van der Waals surface area contributed by atoms with Crippen LogP contribution in [0, 0.1) is 0 Å². The molecule has 17 heteroatoms. The van der Waals surface area contributed by atoms with E-state index in [9.17, 15) is 19.2 Å². The van der Waals surface area contributed by atoms with Crippen molar-refractivity contribution in [1.29, 1.82) is 0 Å². The van der Waals surface area contributed by atoms with Crippen LogP contribution in [0.1, 0.15) is 99.7 Å². The minimum atomic E-state index is -0.596.